The molecule has 0 radical (unpaired) electrons. The van der Waals surface area contributed by atoms with Crippen molar-refractivity contribution in [1.82, 2.24) is 0 Å². The van der Waals surface area contributed by atoms with Gasteiger partial charge in [0.15, 0.2) is 9.84 Å². The molecule has 1 aliphatic heterocycles. The van der Waals surface area contributed by atoms with Crippen LogP contribution in [0.5, 0.6) is 0 Å². The van der Waals surface area contributed by atoms with E-state index in [1.54, 1.807) is 24.3 Å². The summed E-state index contributed by atoms with van der Waals surface area (Å²) >= 11 is 3.29. The number of rotatable bonds is 1. The fourth-order valence-electron chi connectivity index (χ4n) is 1.82. The Morgan fingerprint density at radius 2 is 1.87 bits per heavy atom. The van der Waals surface area contributed by atoms with Crippen LogP contribution in [0.1, 0.15) is 12.0 Å². The van der Waals surface area contributed by atoms with Crippen molar-refractivity contribution < 1.29 is 13.5 Å². The van der Waals surface area contributed by atoms with Gasteiger partial charge in [0.2, 0.25) is 0 Å². The third-order valence-electron chi connectivity index (χ3n) is 2.67. The Kier molecular flexibility index (Phi) is 2.65. The first kappa shape index (κ1) is 11.1. The van der Waals surface area contributed by atoms with Crippen molar-refractivity contribution >= 4 is 25.8 Å². The highest BCUT2D eigenvalue weighted by atomic mass is 79.9. The molecule has 0 saturated carbocycles. The van der Waals surface area contributed by atoms with E-state index in [9.17, 15) is 13.5 Å². The van der Waals surface area contributed by atoms with Crippen molar-refractivity contribution in [3.05, 3.63) is 34.3 Å². The summed E-state index contributed by atoms with van der Waals surface area (Å²) in [7, 11) is -3.07. The summed E-state index contributed by atoms with van der Waals surface area (Å²) in [5, 5.41) is 10.2. The molecule has 1 heterocycles. The molecule has 2 rings (SSSR count). The van der Waals surface area contributed by atoms with E-state index in [0.29, 0.717) is 5.56 Å². The molecule has 1 aromatic rings. The van der Waals surface area contributed by atoms with Crippen LogP contribution in [0.3, 0.4) is 0 Å². The summed E-state index contributed by atoms with van der Waals surface area (Å²) in [5.41, 5.74) is -0.522. The van der Waals surface area contributed by atoms with E-state index in [1.165, 1.54) is 0 Å². The van der Waals surface area contributed by atoms with Gasteiger partial charge < -0.3 is 5.11 Å². The third kappa shape index (κ3) is 2.24. The maximum absolute atomic E-state index is 11.3. The lowest BCUT2D eigenvalue weighted by atomic mass is 9.94. The zero-order valence-electron chi connectivity index (χ0n) is 7.98. The van der Waals surface area contributed by atoms with E-state index in [0.717, 1.165) is 4.47 Å². The molecule has 1 unspecified atom stereocenters. The number of halogens is 1. The molecule has 0 aromatic heterocycles. The fraction of sp³-hybridized carbons (Fsp3) is 0.400. The van der Waals surface area contributed by atoms with Gasteiger partial charge in [-0.05, 0) is 24.1 Å². The average molecular weight is 291 g/mol. The van der Waals surface area contributed by atoms with Gasteiger partial charge in [0.1, 0.15) is 5.60 Å². The van der Waals surface area contributed by atoms with Crippen LogP contribution in [-0.2, 0) is 15.4 Å². The molecule has 1 N–H and O–H groups in total. The molecule has 1 aliphatic rings. The van der Waals surface area contributed by atoms with Gasteiger partial charge in [0.05, 0.1) is 11.5 Å². The molecular formula is C10H11BrO3S. The number of aliphatic hydroxyl groups is 1. The Morgan fingerprint density at radius 3 is 2.33 bits per heavy atom. The van der Waals surface area contributed by atoms with Gasteiger partial charge in [0.25, 0.3) is 0 Å². The Morgan fingerprint density at radius 1 is 1.27 bits per heavy atom. The molecule has 1 saturated heterocycles. The minimum atomic E-state index is -3.07. The maximum atomic E-state index is 11.3. The lowest BCUT2D eigenvalue weighted by molar-refractivity contribution is 0.0653. The number of sulfone groups is 1. The van der Waals surface area contributed by atoms with Crippen molar-refractivity contribution in [1.29, 1.82) is 0 Å². The molecule has 0 aliphatic carbocycles. The first-order valence-electron chi connectivity index (χ1n) is 4.60. The van der Waals surface area contributed by atoms with Crippen LogP contribution in [0.25, 0.3) is 0 Å². The minimum Gasteiger partial charge on any atom is -0.384 e. The molecule has 1 fully saturated rings. The topological polar surface area (TPSA) is 54.4 Å². The van der Waals surface area contributed by atoms with Gasteiger partial charge in [-0.2, -0.15) is 0 Å². The largest absolute Gasteiger partial charge is 0.384 e. The number of benzene rings is 1. The summed E-state index contributed by atoms with van der Waals surface area (Å²) in [5.74, 6) is -0.0960. The van der Waals surface area contributed by atoms with Crippen molar-refractivity contribution in [2.24, 2.45) is 0 Å². The van der Waals surface area contributed by atoms with Crippen LogP contribution in [-0.4, -0.2) is 25.0 Å². The van der Waals surface area contributed by atoms with Gasteiger partial charge in [-0.15, -0.1) is 0 Å². The maximum Gasteiger partial charge on any atom is 0.153 e. The average Bonchev–Trinajstić information content (AvgIpc) is 2.43. The van der Waals surface area contributed by atoms with Crippen LogP contribution < -0.4 is 0 Å². The third-order valence-corrected chi connectivity index (χ3v) is 4.94. The molecule has 1 aromatic carbocycles. The van der Waals surface area contributed by atoms with Crippen molar-refractivity contribution in [2.45, 2.75) is 12.0 Å². The molecule has 5 heteroatoms. The van der Waals surface area contributed by atoms with E-state index in [1.807, 2.05) is 0 Å². The van der Waals surface area contributed by atoms with Gasteiger partial charge in [-0.3, -0.25) is 0 Å². The van der Waals surface area contributed by atoms with E-state index in [4.69, 9.17) is 0 Å². The first-order valence-corrected chi connectivity index (χ1v) is 7.22. The molecule has 0 bridgehead atoms. The van der Waals surface area contributed by atoms with Crippen molar-refractivity contribution in [3.8, 4) is 0 Å². The molecule has 1 atom stereocenters. The molecule has 3 nitrogen and oxygen atoms in total. The Bertz CT molecular complexity index is 466. The summed E-state index contributed by atoms with van der Waals surface area (Å²) in [4.78, 5) is 0. The normalized spacial score (nSPS) is 29.2. The van der Waals surface area contributed by atoms with Gasteiger partial charge in [0, 0.05) is 4.47 Å². The van der Waals surface area contributed by atoms with Crippen LogP contribution >= 0.6 is 15.9 Å². The zero-order chi connectivity index (χ0) is 11.1. The molecule has 82 valence electrons. The van der Waals surface area contributed by atoms with Crippen LogP contribution in [0.15, 0.2) is 28.7 Å². The van der Waals surface area contributed by atoms with Crippen LogP contribution in [0.2, 0.25) is 0 Å². The highest BCUT2D eigenvalue weighted by molar-refractivity contribution is 9.10. The zero-order valence-corrected chi connectivity index (χ0v) is 10.4. The second kappa shape index (κ2) is 3.57. The lowest BCUT2D eigenvalue weighted by Crippen LogP contribution is -2.26. The van der Waals surface area contributed by atoms with E-state index < -0.39 is 15.4 Å². The lowest BCUT2D eigenvalue weighted by Gasteiger charge is -2.20. The number of hydrogen-bond acceptors (Lipinski definition) is 3. The Hall–Kier alpha value is -0.390. The Balaban J connectivity index is 2.35. The highest BCUT2D eigenvalue weighted by Gasteiger charge is 2.41. The summed E-state index contributed by atoms with van der Waals surface area (Å²) in [6, 6.07) is 7.12. The predicted octanol–water partition coefficient (Wildman–Crippen LogP) is 1.46. The van der Waals surface area contributed by atoms with Crippen LogP contribution in [0.4, 0.5) is 0 Å². The summed E-state index contributed by atoms with van der Waals surface area (Å²) < 4.78 is 23.5. The molecular weight excluding hydrogens is 280 g/mol. The Labute approximate surface area is 97.2 Å². The van der Waals surface area contributed by atoms with E-state index >= 15 is 0 Å². The van der Waals surface area contributed by atoms with Crippen molar-refractivity contribution in [2.75, 3.05) is 11.5 Å². The first-order chi connectivity index (χ1) is 6.91. The SMILES string of the molecule is O=S1(=O)CCC(O)(c2ccc(Br)cc2)C1. The molecule has 15 heavy (non-hydrogen) atoms. The smallest absolute Gasteiger partial charge is 0.153 e. The highest BCUT2D eigenvalue weighted by Crippen LogP contribution is 2.33. The van der Waals surface area contributed by atoms with Gasteiger partial charge in [-0.1, -0.05) is 28.1 Å². The number of hydrogen-bond donors (Lipinski definition) is 1. The molecule has 0 amide bonds. The van der Waals surface area contributed by atoms with Crippen molar-refractivity contribution in [3.63, 3.8) is 0 Å². The van der Waals surface area contributed by atoms with E-state index in [2.05, 4.69) is 15.9 Å². The molecule has 0 spiro atoms. The predicted molar refractivity (Wildman–Crippen MR) is 61.3 cm³/mol. The quantitative estimate of drug-likeness (QED) is 0.852. The summed E-state index contributed by atoms with van der Waals surface area (Å²) in [6.07, 6.45) is 0.289. The van der Waals surface area contributed by atoms with E-state index in [-0.39, 0.29) is 17.9 Å². The fourth-order valence-corrected chi connectivity index (χ4v) is 3.92. The monoisotopic (exact) mass is 290 g/mol. The van der Waals surface area contributed by atoms with Gasteiger partial charge >= 0.3 is 0 Å². The standard InChI is InChI=1S/C10H11BrO3S/c11-9-3-1-8(2-4-9)10(12)5-6-15(13,14)7-10/h1-4,12H,5-7H2. The second-order valence-corrected chi connectivity index (χ2v) is 6.98. The van der Waals surface area contributed by atoms with Crippen LogP contribution in [0, 0.1) is 0 Å². The second-order valence-electron chi connectivity index (χ2n) is 3.88. The minimum absolute atomic E-state index is 0.0690. The summed E-state index contributed by atoms with van der Waals surface area (Å²) in [6.45, 7) is 0. The van der Waals surface area contributed by atoms with Gasteiger partial charge in [-0.25, -0.2) is 8.42 Å².